The second-order valence-electron chi connectivity index (χ2n) is 10.9. The van der Waals surface area contributed by atoms with E-state index in [0.717, 1.165) is 75.1 Å². The maximum absolute atomic E-state index is 13.2. The standard InChI is InChI=1S/C32H35F3N4O2/c33-32(34,35)26-11-5-23(6-12-26)31(24-7-13-27(14-8-24)36-29(40)21-38-17-1-2-18-38)25-9-15-28(16-10-25)37-30(41)22-39-19-3-4-20-39/h5-16,31H,1-4,17-22H2,(H,36,40)(H,37,41). The number of benzene rings is 3. The Hall–Kier alpha value is -3.69. The molecule has 5 rings (SSSR count). The van der Waals surface area contributed by atoms with Crippen molar-refractivity contribution in [2.75, 3.05) is 49.9 Å². The molecule has 0 atom stereocenters. The zero-order valence-electron chi connectivity index (χ0n) is 22.9. The van der Waals surface area contributed by atoms with Gasteiger partial charge in [0.05, 0.1) is 18.7 Å². The van der Waals surface area contributed by atoms with Crippen molar-refractivity contribution in [3.63, 3.8) is 0 Å². The topological polar surface area (TPSA) is 64.7 Å². The van der Waals surface area contributed by atoms with E-state index in [1.165, 1.54) is 12.1 Å². The lowest BCUT2D eigenvalue weighted by Gasteiger charge is -2.21. The monoisotopic (exact) mass is 564 g/mol. The Morgan fingerprint density at radius 3 is 1.29 bits per heavy atom. The molecule has 0 aromatic heterocycles. The molecule has 0 saturated carbocycles. The van der Waals surface area contributed by atoms with Crippen LogP contribution in [0.4, 0.5) is 24.5 Å². The third kappa shape index (κ3) is 7.74. The van der Waals surface area contributed by atoms with Gasteiger partial charge in [-0.1, -0.05) is 36.4 Å². The average molecular weight is 565 g/mol. The van der Waals surface area contributed by atoms with Gasteiger partial charge in [-0.05, 0) is 105 Å². The van der Waals surface area contributed by atoms with Gasteiger partial charge in [0.2, 0.25) is 11.8 Å². The molecule has 2 amide bonds. The Bertz CT molecular complexity index is 1240. The van der Waals surface area contributed by atoms with E-state index in [-0.39, 0.29) is 17.7 Å². The Morgan fingerprint density at radius 1 is 0.610 bits per heavy atom. The van der Waals surface area contributed by atoms with E-state index in [2.05, 4.69) is 20.4 Å². The van der Waals surface area contributed by atoms with Crippen LogP contribution in [0.15, 0.2) is 72.8 Å². The average Bonchev–Trinajstić information content (AvgIpc) is 3.65. The summed E-state index contributed by atoms with van der Waals surface area (Å²) in [5.41, 5.74) is 3.07. The molecular weight excluding hydrogens is 529 g/mol. The third-order valence-corrected chi connectivity index (χ3v) is 7.76. The fraction of sp³-hybridized carbons (Fsp3) is 0.375. The molecule has 0 bridgehead atoms. The number of alkyl halides is 3. The smallest absolute Gasteiger partial charge is 0.325 e. The summed E-state index contributed by atoms with van der Waals surface area (Å²) in [6.07, 6.45) is 0.0228. The second kappa shape index (κ2) is 12.9. The molecule has 3 aromatic rings. The van der Waals surface area contributed by atoms with Crippen LogP contribution in [0, 0.1) is 0 Å². The molecule has 2 saturated heterocycles. The van der Waals surface area contributed by atoms with E-state index in [9.17, 15) is 22.8 Å². The van der Waals surface area contributed by atoms with Crippen molar-refractivity contribution in [2.45, 2.75) is 37.8 Å². The molecule has 3 aromatic carbocycles. The fourth-order valence-corrected chi connectivity index (χ4v) is 5.65. The first kappa shape index (κ1) is 28.8. The molecule has 0 aliphatic carbocycles. The van der Waals surface area contributed by atoms with E-state index >= 15 is 0 Å². The Kier molecular flexibility index (Phi) is 9.05. The minimum absolute atomic E-state index is 0.0682. The molecule has 2 heterocycles. The van der Waals surface area contributed by atoms with Crippen molar-refractivity contribution in [1.29, 1.82) is 0 Å². The number of amides is 2. The van der Waals surface area contributed by atoms with Gasteiger partial charge >= 0.3 is 6.18 Å². The summed E-state index contributed by atoms with van der Waals surface area (Å²) in [6, 6.07) is 20.0. The lowest BCUT2D eigenvalue weighted by atomic mass is 9.84. The van der Waals surface area contributed by atoms with Crippen molar-refractivity contribution < 1.29 is 22.8 Å². The van der Waals surface area contributed by atoms with Crippen LogP contribution in [-0.4, -0.2) is 60.9 Å². The predicted octanol–water partition coefficient (Wildman–Crippen LogP) is 5.95. The highest BCUT2D eigenvalue weighted by molar-refractivity contribution is 5.92. The van der Waals surface area contributed by atoms with E-state index in [1.54, 1.807) is 0 Å². The van der Waals surface area contributed by atoms with Gasteiger partial charge in [-0.2, -0.15) is 13.2 Å². The highest BCUT2D eigenvalue weighted by Crippen LogP contribution is 2.36. The van der Waals surface area contributed by atoms with Crippen molar-refractivity contribution in [3.05, 3.63) is 95.1 Å². The first-order valence-electron chi connectivity index (χ1n) is 14.2. The molecule has 0 radical (unpaired) electrons. The molecule has 0 unspecified atom stereocenters. The van der Waals surface area contributed by atoms with Gasteiger partial charge in [0.25, 0.3) is 0 Å². The Balaban J connectivity index is 1.34. The third-order valence-electron chi connectivity index (χ3n) is 7.76. The minimum atomic E-state index is -4.42. The SMILES string of the molecule is O=C(CN1CCCC1)Nc1ccc(C(c2ccc(NC(=O)CN3CCCC3)cc2)c2ccc(C(F)(F)F)cc2)cc1. The van der Waals surface area contributed by atoms with Gasteiger partial charge in [0.1, 0.15) is 0 Å². The maximum Gasteiger partial charge on any atom is 0.416 e. The summed E-state index contributed by atoms with van der Waals surface area (Å²) < 4.78 is 39.7. The number of likely N-dealkylation sites (tertiary alicyclic amines) is 2. The van der Waals surface area contributed by atoms with Gasteiger partial charge in [-0.25, -0.2) is 0 Å². The molecule has 0 spiro atoms. The number of nitrogens with one attached hydrogen (secondary N) is 2. The van der Waals surface area contributed by atoms with Gasteiger partial charge in [-0.15, -0.1) is 0 Å². The van der Waals surface area contributed by atoms with Gasteiger partial charge in [0.15, 0.2) is 0 Å². The highest BCUT2D eigenvalue weighted by Gasteiger charge is 2.30. The van der Waals surface area contributed by atoms with Crippen LogP contribution >= 0.6 is 0 Å². The highest BCUT2D eigenvalue weighted by atomic mass is 19.4. The quantitative estimate of drug-likeness (QED) is 0.315. The van der Waals surface area contributed by atoms with Crippen LogP contribution in [0.25, 0.3) is 0 Å². The Morgan fingerprint density at radius 2 is 0.951 bits per heavy atom. The van der Waals surface area contributed by atoms with Gasteiger partial charge in [0, 0.05) is 17.3 Å². The number of hydrogen-bond acceptors (Lipinski definition) is 4. The summed E-state index contributed by atoms with van der Waals surface area (Å²) in [7, 11) is 0. The molecule has 9 heteroatoms. The van der Waals surface area contributed by atoms with Crippen molar-refractivity contribution in [3.8, 4) is 0 Å². The number of hydrogen-bond donors (Lipinski definition) is 2. The number of carbonyl (C=O) groups is 2. The number of halogens is 3. The molecule has 6 nitrogen and oxygen atoms in total. The van der Waals surface area contributed by atoms with Crippen molar-refractivity contribution in [1.82, 2.24) is 9.80 Å². The van der Waals surface area contributed by atoms with Crippen molar-refractivity contribution >= 4 is 23.2 Å². The Labute approximate surface area is 238 Å². The summed E-state index contributed by atoms with van der Waals surface area (Å²) in [4.78, 5) is 29.2. The summed E-state index contributed by atoms with van der Waals surface area (Å²) >= 11 is 0. The minimum Gasteiger partial charge on any atom is -0.325 e. The summed E-state index contributed by atoms with van der Waals surface area (Å²) in [6.45, 7) is 4.45. The summed E-state index contributed by atoms with van der Waals surface area (Å²) in [5.74, 6) is -0.483. The molecule has 41 heavy (non-hydrogen) atoms. The molecule has 2 N–H and O–H groups in total. The lowest BCUT2D eigenvalue weighted by Crippen LogP contribution is -2.30. The number of carbonyl (C=O) groups excluding carboxylic acids is 2. The van der Waals surface area contributed by atoms with Crippen molar-refractivity contribution in [2.24, 2.45) is 0 Å². The van der Waals surface area contributed by atoms with E-state index in [1.807, 2.05) is 48.5 Å². The van der Waals surface area contributed by atoms with E-state index < -0.39 is 11.7 Å². The van der Waals surface area contributed by atoms with Gasteiger partial charge in [-0.3, -0.25) is 19.4 Å². The number of nitrogens with zero attached hydrogens (tertiary/aromatic N) is 2. The normalized spacial score (nSPS) is 16.3. The predicted molar refractivity (Wildman–Crippen MR) is 154 cm³/mol. The molecule has 216 valence electrons. The van der Waals surface area contributed by atoms with Crippen LogP contribution in [0.1, 0.15) is 53.9 Å². The number of rotatable bonds is 9. The van der Waals surface area contributed by atoms with Crippen LogP contribution in [0.5, 0.6) is 0 Å². The van der Waals surface area contributed by atoms with E-state index in [0.29, 0.717) is 30.0 Å². The number of anilines is 2. The molecular formula is C32H35F3N4O2. The van der Waals surface area contributed by atoms with Crippen LogP contribution in [0.2, 0.25) is 0 Å². The van der Waals surface area contributed by atoms with E-state index in [4.69, 9.17) is 0 Å². The fourth-order valence-electron chi connectivity index (χ4n) is 5.65. The van der Waals surface area contributed by atoms with Crippen LogP contribution in [0.3, 0.4) is 0 Å². The van der Waals surface area contributed by atoms with Gasteiger partial charge < -0.3 is 10.6 Å². The first-order valence-corrected chi connectivity index (χ1v) is 14.2. The first-order chi connectivity index (χ1) is 19.7. The molecule has 2 fully saturated rings. The maximum atomic E-state index is 13.2. The zero-order chi connectivity index (χ0) is 28.8. The van der Waals surface area contributed by atoms with Crippen LogP contribution in [-0.2, 0) is 15.8 Å². The second-order valence-corrected chi connectivity index (χ2v) is 10.9. The molecule has 2 aliphatic heterocycles. The zero-order valence-corrected chi connectivity index (χ0v) is 22.9. The molecule has 2 aliphatic rings. The van der Waals surface area contributed by atoms with Crippen LogP contribution < -0.4 is 10.6 Å². The lowest BCUT2D eigenvalue weighted by molar-refractivity contribution is -0.137. The largest absolute Gasteiger partial charge is 0.416 e. The summed E-state index contributed by atoms with van der Waals surface area (Å²) in [5, 5.41) is 5.88.